The Morgan fingerprint density at radius 1 is 1.29 bits per heavy atom. The van der Waals surface area contributed by atoms with Crippen LogP contribution in [0.4, 0.5) is 20.6 Å². The van der Waals surface area contributed by atoms with E-state index >= 15 is 0 Å². The third kappa shape index (κ3) is 3.77. The first-order chi connectivity index (χ1) is 13.5. The largest absolute Gasteiger partial charge is 0.442 e. The molecule has 4 rings (SSSR count). The van der Waals surface area contributed by atoms with Crippen LogP contribution in [-0.4, -0.2) is 67.8 Å². The molecule has 1 saturated carbocycles. The molecule has 3 fully saturated rings. The van der Waals surface area contributed by atoms with Crippen molar-refractivity contribution in [2.45, 2.75) is 25.4 Å². The fourth-order valence-corrected chi connectivity index (χ4v) is 3.70. The van der Waals surface area contributed by atoms with Gasteiger partial charge in [0, 0.05) is 19.0 Å². The quantitative estimate of drug-likeness (QED) is 0.609. The van der Waals surface area contributed by atoms with Crippen molar-refractivity contribution in [2.75, 3.05) is 49.2 Å². The highest BCUT2D eigenvalue weighted by atomic mass is 19.1. The van der Waals surface area contributed by atoms with Gasteiger partial charge in [-0.1, -0.05) is 6.42 Å². The topological polar surface area (TPSA) is 82.6 Å². The van der Waals surface area contributed by atoms with Gasteiger partial charge in [-0.25, -0.2) is 14.2 Å². The molecule has 28 heavy (non-hydrogen) atoms. The van der Waals surface area contributed by atoms with Crippen LogP contribution in [0.25, 0.3) is 0 Å². The first kappa shape index (κ1) is 18.9. The van der Waals surface area contributed by atoms with Gasteiger partial charge in [-0.05, 0) is 31.0 Å². The highest BCUT2D eigenvalue weighted by molar-refractivity contribution is 5.90. The summed E-state index contributed by atoms with van der Waals surface area (Å²) in [6.45, 7) is 2.39. The summed E-state index contributed by atoms with van der Waals surface area (Å²) in [5.74, 6) is -0.888. The van der Waals surface area contributed by atoms with Crippen LogP contribution in [-0.2, 0) is 14.3 Å². The van der Waals surface area contributed by atoms with Crippen LogP contribution < -0.4 is 9.80 Å². The highest BCUT2D eigenvalue weighted by Crippen LogP contribution is 2.30. The zero-order valence-electron chi connectivity index (χ0n) is 15.6. The summed E-state index contributed by atoms with van der Waals surface area (Å²) in [4.78, 5) is 27.5. The molecule has 8 nitrogen and oxygen atoms in total. The molecule has 1 aromatic rings. The molecule has 1 atom stereocenters. The summed E-state index contributed by atoms with van der Waals surface area (Å²) < 4.78 is 25.1. The molecule has 3 aliphatic rings. The van der Waals surface area contributed by atoms with Crippen molar-refractivity contribution < 1.29 is 28.7 Å². The predicted molar refractivity (Wildman–Crippen MR) is 97.9 cm³/mol. The maximum absolute atomic E-state index is 14.6. The molecule has 0 unspecified atom stereocenters. The normalized spacial score (nSPS) is 22.8. The Kier molecular flexibility index (Phi) is 5.36. The number of halogens is 1. The minimum atomic E-state index is -0.663. The second kappa shape index (κ2) is 7.92. The van der Waals surface area contributed by atoms with Crippen LogP contribution >= 0.6 is 0 Å². The third-order valence-corrected chi connectivity index (χ3v) is 5.55. The van der Waals surface area contributed by atoms with Crippen molar-refractivity contribution in [1.82, 2.24) is 5.06 Å². The molecular formula is C19H24FN3O5. The number of rotatable bonds is 5. The van der Waals surface area contributed by atoms with Gasteiger partial charge >= 0.3 is 6.09 Å². The molecule has 0 spiro atoms. The van der Waals surface area contributed by atoms with Gasteiger partial charge in [-0.3, -0.25) is 14.9 Å². The average Bonchev–Trinajstić information content (AvgIpc) is 3.01. The van der Waals surface area contributed by atoms with Crippen molar-refractivity contribution in [3.05, 3.63) is 24.0 Å². The van der Waals surface area contributed by atoms with E-state index in [2.05, 4.69) is 0 Å². The summed E-state index contributed by atoms with van der Waals surface area (Å²) in [6, 6.07) is 4.63. The molecule has 1 N–H and O–H groups in total. The summed E-state index contributed by atoms with van der Waals surface area (Å²) in [5.41, 5.74) is 0.862. The van der Waals surface area contributed by atoms with E-state index in [4.69, 9.17) is 9.47 Å². The Balaban J connectivity index is 1.39. The number of carbonyl (C=O) groups excluding carboxylic acids is 2. The number of carbonyl (C=O) groups is 2. The van der Waals surface area contributed by atoms with Crippen molar-refractivity contribution in [1.29, 1.82) is 0 Å². The van der Waals surface area contributed by atoms with Gasteiger partial charge in [-0.2, -0.15) is 0 Å². The number of cyclic esters (lactones) is 1. The maximum atomic E-state index is 14.6. The van der Waals surface area contributed by atoms with Gasteiger partial charge in [0.05, 0.1) is 37.7 Å². The first-order valence-electron chi connectivity index (χ1n) is 9.63. The SMILES string of the molecule is O=C(C1CCC1)N(O)C[C@H]1CN(c2ccc(N3CCOCC3)c(F)c2)C(=O)O1. The molecule has 9 heteroatoms. The number of benzene rings is 1. The van der Waals surface area contributed by atoms with E-state index in [1.807, 2.05) is 4.90 Å². The number of hydrogen-bond donors (Lipinski definition) is 1. The number of nitrogens with zero attached hydrogens (tertiary/aromatic N) is 3. The monoisotopic (exact) mass is 393 g/mol. The average molecular weight is 393 g/mol. The number of hydrogen-bond acceptors (Lipinski definition) is 6. The maximum Gasteiger partial charge on any atom is 0.414 e. The molecule has 1 aliphatic carbocycles. The molecule has 0 radical (unpaired) electrons. The molecule has 2 aliphatic heterocycles. The lowest BCUT2D eigenvalue weighted by Crippen LogP contribution is -2.41. The van der Waals surface area contributed by atoms with E-state index in [9.17, 15) is 19.2 Å². The number of morpholine rings is 1. The van der Waals surface area contributed by atoms with Crippen molar-refractivity contribution in [2.24, 2.45) is 5.92 Å². The summed E-state index contributed by atoms with van der Waals surface area (Å²) in [5, 5.41) is 10.6. The minimum absolute atomic E-state index is 0.0914. The summed E-state index contributed by atoms with van der Waals surface area (Å²) in [7, 11) is 0. The van der Waals surface area contributed by atoms with Crippen molar-refractivity contribution in [3.8, 4) is 0 Å². The van der Waals surface area contributed by atoms with Gasteiger partial charge in [0.15, 0.2) is 0 Å². The van der Waals surface area contributed by atoms with Crippen LogP contribution in [0.3, 0.4) is 0 Å². The van der Waals surface area contributed by atoms with E-state index in [1.165, 1.54) is 11.0 Å². The Morgan fingerprint density at radius 3 is 2.68 bits per heavy atom. The fraction of sp³-hybridized carbons (Fsp3) is 0.579. The number of amides is 2. The van der Waals surface area contributed by atoms with Gasteiger partial charge in [0.25, 0.3) is 0 Å². The summed E-state index contributed by atoms with van der Waals surface area (Å²) >= 11 is 0. The predicted octanol–water partition coefficient (Wildman–Crippen LogP) is 2.01. The lowest BCUT2D eigenvalue weighted by Gasteiger charge is -2.29. The van der Waals surface area contributed by atoms with Crippen LogP contribution in [0, 0.1) is 11.7 Å². The van der Waals surface area contributed by atoms with Crippen LogP contribution in [0.2, 0.25) is 0 Å². The molecule has 2 saturated heterocycles. The Hall–Kier alpha value is -2.39. The first-order valence-corrected chi connectivity index (χ1v) is 9.63. The van der Waals surface area contributed by atoms with Gasteiger partial charge < -0.3 is 14.4 Å². The molecule has 0 aromatic heterocycles. The third-order valence-electron chi connectivity index (χ3n) is 5.55. The van der Waals surface area contributed by atoms with E-state index in [1.54, 1.807) is 12.1 Å². The molecule has 1 aromatic carbocycles. The minimum Gasteiger partial charge on any atom is -0.442 e. The lowest BCUT2D eigenvalue weighted by atomic mass is 9.84. The van der Waals surface area contributed by atoms with Crippen LogP contribution in [0.15, 0.2) is 18.2 Å². The molecule has 2 amide bonds. The van der Waals surface area contributed by atoms with E-state index < -0.39 is 18.0 Å². The van der Waals surface area contributed by atoms with Crippen molar-refractivity contribution in [3.63, 3.8) is 0 Å². The van der Waals surface area contributed by atoms with Crippen LogP contribution in [0.1, 0.15) is 19.3 Å². The van der Waals surface area contributed by atoms with Gasteiger partial charge in [0.1, 0.15) is 11.9 Å². The number of ether oxygens (including phenoxy) is 2. The van der Waals surface area contributed by atoms with E-state index in [0.29, 0.717) is 42.7 Å². The van der Waals surface area contributed by atoms with Crippen molar-refractivity contribution >= 4 is 23.4 Å². The molecule has 0 bridgehead atoms. The van der Waals surface area contributed by atoms with E-state index in [-0.39, 0.29) is 24.9 Å². The Bertz CT molecular complexity index is 751. The molecule has 152 valence electrons. The molecular weight excluding hydrogens is 369 g/mol. The fourth-order valence-electron chi connectivity index (χ4n) is 3.70. The lowest BCUT2D eigenvalue weighted by molar-refractivity contribution is -0.177. The second-order valence-electron chi connectivity index (χ2n) is 7.40. The zero-order valence-corrected chi connectivity index (χ0v) is 15.6. The smallest absolute Gasteiger partial charge is 0.414 e. The standard InChI is InChI=1S/C19H24FN3O5/c20-16-10-14(4-5-17(16)21-6-8-27-9-7-21)22-11-15(28-19(22)25)12-23(26)18(24)13-2-1-3-13/h4-5,10,13,15,26H,1-3,6-9,11-12H2/t15-/m1/s1. The Labute approximate surface area is 162 Å². The van der Waals surface area contributed by atoms with Crippen LogP contribution in [0.5, 0.6) is 0 Å². The zero-order chi connectivity index (χ0) is 19.7. The number of hydroxylamine groups is 2. The highest BCUT2D eigenvalue weighted by Gasteiger charge is 2.36. The number of anilines is 2. The Morgan fingerprint density at radius 2 is 2.04 bits per heavy atom. The van der Waals surface area contributed by atoms with Gasteiger partial charge in [0.2, 0.25) is 5.91 Å². The van der Waals surface area contributed by atoms with E-state index in [0.717, 1.165) is 19.3 Å². The second-order valence-corrected chi connectivity index (χ2v) is 7.40. The molecule has 2 heterocycles. The summed E-state index contributed by atoms with van der Waals surface area (Å²) in [6.07, 6.45) is 1.27. The van der Waals surface area contributed by atoms with Gasteiger partial charge in [-0.15, -0.1) is 0 Å².